The molecule has 0 rings (SSSR count). The molecule has 0 spiro atoms. The Morgan fingerprint density at radius 3 is 1.14 bits per heavy atom. The Labute approximate surface area is 88.3 Å². The molecule has 0 aromatic rings. The minimum Gasteiger partial charge on any atom is -0.473 e. The number of carboxylic acid groups (broad SMARTS) is 2. The van der Waals surface area contributed by atoms with Crippen LogP contribution in [0.5, 0.6) is 0 Å². The molecule has 0 fully saturated rings. The van der Waals surface area contributed by atoms with Crippen molar-refractivity contribution in [2.45, 2.75) is 0 Å². The van der Waals surface area contributed by atoms with Crippen LogP contribution in [0.2, 0.25) is 0 Å². The van der Waals surface area contributed by atoms with E-state index in [4.69, 9.17) is 19.8 Å². The summed E-state index contributed by atoms with van der Waals surface area (Å²) in [7, 11) is 0. The van der Waals surface area contributed by atoms with Crippen molar-refractivity contribution in [3.8, 4) is 0 Å². The Kier molecular flexibility index (Phi) is 7.46. The third-order valence-corrected chi connectivity index (χ3v) is 0.183. The molecule has 0 aliphatic heterocycles. The van der Waals surface area contributed by atoms with Gasteiger partial charge in [0.15, 0.2) is 0 Å². The molecule has 0 heterocycles. The summed E-state index contributed by atoms with van der Waals surface area (Å²) in [5.41, 5.74) is 0. The molecule has 5 heteroatoms. The molecule has 0 amide bonds. The summed E-state index contributed by atoms with van der Waals surface area (Å²) in [5.74, 6) is -3.65. The van der Waals surface area contributed by atoms with Gasteiger partial charge in [-0.25, -0.2) is 9.59 Å². The molecular formula is C2H2O4Rb. The van der Waals surface area contributed by atoms with Gasteiger partial charge in [0.25, 0.3) is 0 Å². The summed E-state index contributed by atoms with van der Waals surface area (Å²) < 4.78 is 0. The van der Waals surface area contributed by atoms with Gasteiger partial charge in [-0.15, -0.1) is 0 Å². The van der Waals surface area contributed by atoms with Crippen LogP contribution in [-0.2, 0) is 9.59 Å². The largest absolute Gasteiger partial charge is 0.473 e. The molecule has 1 radical (unpaired) electrons. The Balaban J connectivity index is 0. The van der Waals surface area contributed by atoms with Crippen molar-refractivity contribution in [3.05, 3.63) is 0 Å². The standard InChI is InChI=1S/C2H2O4.Rb/c3-1(4)2(5)6;/h(H,3,4)(H,5,6);. The second-order valence-corrected chi connectivity index (χ2v) is 0.610. The molecule has 0 saturated carbocycles. The first-order valence-corrected chi connectivity index (χ1v) is 1.11. The molecule has 0 unspecified atom stereocenters. The third kappa shape index (κ3) is 6.75. The van der Waals surface area contributed by atoms with Crippen LogP contribution in [0.25, 0.3) is 0 Å². The van der Waals surface area contributed by atoms with Crippen LogP contribution < -0.4 is 0 Å². The van der Waals surface area contributed by atoms with Crippen LogP contribution in [0.15, 0.2) is 0 Å². The maximum atomic E-state index is 9.10. The maximum absolute atomic E-state index is 9.10. The van der Waals surface area contributed by atoms with Gasteiger partial charge in [-0.2, -0.15) is 0 Å². The van der Waals surface area contributed by atoms with Crippen LogP contribution in [-0.4, -0.2) is 80.3 Å². The average Bonchev–Trinajstić information content (AvgIpc) is 1.36. The molecular weight excluding hydrogens is 173 g/mol. The van der Waals surface area contributed by atoms with Gasteiger partial charge in [-0.3, -0.25) is 0 Å². The maximum Gasteiger partial charge on any atom is 0.414 e. The van der Waals surface area contributed by atoms with Crippen LogP contribution in [0.3, 0.4) is 0 Å². The van der Waals surface area contributed by atoms with Crippen molar-refractivity contribution < 1.29 is 19.8 Å². The van der Waals surface area contributed by atoms with E-state index in [1.165, 1.54) is 0 Å². The molecule has 0 aromatic carbocycles. The van der Waals surface area contributed by atoms with Gasteiger partial charge in [0.05, 0.1) is 0 Å². The fraction of sp³-hybridized carbons (Fsp3) is 0. The number of aliphatic carboxylic acids is 2. The van der Waals surface area contributed by atoms with Gasteiger partial charge in [-0.1, -0.05) is 0 Å². The number of carbonyl (C=O) groups is 2. The molecule has 0 aromatic heterocycles. The number of hydrogen-bond acceptors (Lipinski definition) is 2. The van der Waals surface area contributed by atoms with E-state index in [-0.39, 0.29) is 58.2 Å². The van der Waals surface area contributed by atoms with Crippen molar-refractivity contribution in [3.63, 3.8) is 0 Å². The Morgan fingerprint density at radius 1 is 1.00 bits per heavy atom. The van der Waals surface area contributed by atoms with Crippen LogP contribution in [0.1, 0.15) is 0 Å². The monoisotopic (exact) mass is 175 g/mol. The molecule has 4 nitrogen and oxygen atoms in total. The van der Waals surface area contributed by atoms with E-state index < -0.39 is 11.9 Å². The number of carboxylic acids is 2. The van der Waals surface area contributed by atoms with Gasteiger partial charge < -0.3 is 10.2 Å². The van der Waals surface area contributed by atoms with Gasteiger partial charge >= 0.3 is 11.9 Å². The molecule has 0 atom stereocenters. The molecule has 0 aliphatic carbocycles. The van der Waals surface area contributed by atoms with Crippen LogP contribution in [0, 0.1) is 0 Å². The van der Waals surface area contributed by atoms with Crippen molar-refractivity contribution >= 4 is 70.1 Å². The minimum absolute atomic E-state index is 0. The van der Waals surface area contributed by atoms with Gasteiger partial charge in [0.1, 0.15) is 0 Å². The zero-order valence-electron chi connectivity index (χ0n) is 3.71. The first-order chi connectivity index (χ1) is 2.64. The van der Waals surface area contributed by atoms with Crippen molar-refractivity contribution in [2.24, 2.45) is 0 Å². The zero-order valence-corrected chi connectivity index (χ0v) is 8.63. The predicted molar refractivity (Wildman–Crippen MR) is 21.0 cm³/mol. The number of rotatable bonds is 0. The number of hydrogen-bond donors (Lipinski definition) is 2. The van der Waals surface area contributed by atoms with E-state index in [2.05, 4.69) is 0 Å². The fourth-order valence-corrected chi connectivity index (χ4v) is 0. The topological polar surface area (TPSA) is 74.6 Å². The minimum atomic E-state index is -1.82. The molecule has 7 heavy (non-hydrogen) atoms. The molecule has 0 aliphatic rings. The Hall–Kier alpha value is 0.745. The van der Waals surface area contributed by atoms with E-state index in [0.717, 1.165) is 0 Å². The normalized spacial score (nSPS) is 6.29. The van der Waals surface area contributed by atoms with Gasteiger partial charge in [0, 0.05) is 58.2 Å². The quantitative estimate of drug-likeness (QED) is 0.453. The van der Waals surface area contributed by atoms with Gasteiger partial charge in [0.2, 0.25) is 0 Å². The summed E-state index contributed by atoms with van der Waals surface area (Å²) in [6, 6.07) is 0. The third-order valence-electron chi connectivity index (χ3n) is 0.183. The van der Waals surface area contributed by atoms with E-state index >= 15 is 0 Å². The summed E-state index contributed by atoms with van der Waals surface area (Å²) in [6.45, 7) is 0. The van der Waals surface area contributed by atoms with E-state index in [1.54, 1.807) is 0 Å². The van der Waals surface area contributed by atoms with E-state index in [1.807, 2.05) is 0 Å². The molecule has 0 saturated heterocycles. The molecule has 2 N–H and O–H groups in total. The van der Waals surface area contributed by atoms with E-state index in [0.29, 0.717) is 0 Å². The summed E-state index contributed by atoms with van der Waals surface area (Å²) in [6.07, 6.45) is 0. The van der Waals surface area contributed by atoms with Crippen LogP contribution in [0.4, 0.5) is 0 Å². The predicted octanol–water partition coefficient (Wildman–Crippen LogP) is -1.23. The zero-order chi connectivity index (χ0) is 5.15. The molecule has 35 valence electrons. The first-order valence-electron chi connectivity index (χ1n) is 1.11. The average molecular weight is 176 g/mol. The Bertz CT molecular complexity index is 75.7. The van der Waals surface area contributed by atoms with Crippen molar-refractivity contribution in [1.29, 1.82) is 0 Å². The smallest absolute Gasteiger partial charge is 0.414 e. The molecule has 0 bridgehead atoms. The first kappa shape index (κ1) is 10.7. The second kappa shape index (κ2) is 4.89. The summed E-state index contributed by atoms with van der Waals surface area (Å²) in [4.78, 5) is 18.2. The summed E-state index contributed by atoms with van der Waals surface area (Å²) in [5, 5.41) is 14.8. The van der Waals surface area contributed by atoms with Crippen molar-refractivity contribution in [1.82, 2.24) is 0 Å². The van der Waals surface area contributed by atoms with E-state index in [9.17, 15) is 0 Å². The van der Waals surface area contributed by atoms with Gasteiger partial charge in [-0.05, 0) is 0 Å². The SMILES string of the molecule is O=C(O)C(=O)O.[Rb]. The Morgan fingerprint density at radius 2 is 1.14 bits per heavy atom. The fourth-order valence-electron chi connectivity index (χ4n) is 0. The second-order valence-electron chi connectivity index (χ2n) is 0.610. The summed E-state index contributed by atoms with van der Waals surface area (Å²) >= 11 is 0. The van der Waals surface area contributed by atoms with Crippen molar-refractivity contribution in [2.75, 3.05) is 0 Å². The van der Waals surface area contributed by atoms with Crippen LogP contribution >= 0.6 is 0 Å².